The normalized spacial score (nSPS) is 11.3. The van der Waals surface area contributed by atoms with Gasteiger partial charge in [0.2, 0.25) is 0 Å². The molecule has 4 heterocycles. The third-order valence-electron chi connectivity index (χ3n) is 4.53. The van der Waals surface area contributed by atoms with Crippen LogP contribution in [0.25, 0.3) is 33.5 Å². The topological polar surface area (TPSA) is 86.6 Å². The first kappa shape index (κ1) is 16.3. The number of fused-ring (bicyclic) bond motifs is 3. The molecular weight excluding hydrogens is 326 g/mol. The average molecular weight is 347 g/mol. The summed E-state index contributed by atoms with van der Waals surface area (Å²) in [6.45, 7) is 4.94. The summed E-state index contributed by atoms with van der Waals surface area (Å²) in [6, 6.07) is 8.03. The molecule has 4 aromatic heterocycles. The Bertz CT molecular complexity index is 1120. The highest BCUT2D eigenvalue weighted by atomic mass is 15.1. The molecule has 0 aliphatic heterocycles. The minimum Gasteiger partial charge on any atom is -0.371 e. The number of nitrogens with one attached hydrogen (secondary N) is 1. The Kier molecular flexibility index (Phi) is 3.93. The zero-order chi connectivity index (χ0) is 18.3. The summed E-state index contributed by atoms with van der Waals surface area (Å²) in [4.78, 5) is 14.0. The number of allylic oxidation sites excluding steroid dienone is 1. The quantitative estimate of drug-likeness (QED) is 0.542. The van der Waals surface area contributed by atoms with Gasteiger partial charge < -0.3 is 20.2 Å². The number of aryl methyl sites for hydroxylation is 1. The van der Waals surface area contributed by atoms with Crippen molar-refractivity contribution in [1.29, 1.82) is 0 Å². The second-order valence-electron chi connectivity index (χ2n) is 6.15. The maximum Gasteiger partial charge on any atom is 0.156 e. The molecule has 7 nitrogen and oxygen atoms in total. The Morgan fingerprint density at radius 3 is 2.88 bits per heavy atom. The van der Waals surface area contributed by atoms with E-state index in [0.717, 1.165) is 45.0 Å². The van der Waals surface area contributed by atoms with E-state index in [1.54, 1.807) is 0 Å². The van der Waals surface area contributed by atoms with Gasteiger partial charge in [-0.1, -0.05) is 12.1 Å². The molecular formula is C19H21N7. The number of nitrogens with two attached hydrogens (primary N) is 1. The minimum atomic E-state index is 0.406. The predicted molar refractivity (Wildman–Crippen MR) is 105 cm³/mol. The average Bonchev–Trinajstić information content (AvgIpc) is 3.22. The van der Waals surface area contributed by atoms with Crippen LogP contribution >= 0.6 is 0 Å². The second kappa shape index (κ2) is 6.27. The summed E-state index contributed by atoms with van der Waals surface area (Å²) >= 11 is 0. The van der Waals surface area contributed by atoms with Gasteiger partial charge in [0.05, 0.1) is 28.9 Å². The molecule has 7 heteroatoms. The number of rotatable bonds is 5. The number of imidazole rings is 1. The Labute approximate surface area is 151 Å². The molecule has 0 atom stereocenters. The summed E-state index contributed by atoms with van der Waals surface area (Å²) in [5.41, 5.74) is 11.2. The molecule has 0 spiro atoms. The van der Waals surface area contributed by atoms with Crippen molar-refractivity contribution in [2.45, 2.75) is 13.1 Å². The number of hydrogen-bond acceptors (Lipinski definition) is 5. The minimum absolute atomic E-state index is 0.406. The molecule has 0 fully saturated rings. The van der Waals surface area contributed by atoms with Crippen molar-refractivity contribution < 1.29 is 0 Å². The molecule has 0 bridgehead atoms. The predicted octanol–water partition coefficient (Wildman–Crippen LogP) is 2.67. The molecule has 0 aliphatic rings. The van der Waals surface area contributed by atoms with Crippen molar-refractivity contribution in [3.8, 4) is 11.4 Å². The molecule has 4 aromatic rings. The van der Waals surface area contributed by atoms with Crippen molar-refractivity contribution in [2.75, 3.05) is 12.4 Å². The molecule has 26 heavy (non-hydrogen) atoms. The van der Waals surface area contributed by atoms with E-state index in [1.807, 2.05) is 49.3 Å². The summed E-state index contributed by atoms with van der Waals surface area (Å²) < 4.78 is 4.14. The van der Waals surface area contributed by atoms with Crippen molar-refractivity contribution in [1.82, 2.24) is 24.1 Å². The monoisotopic (exact) mass is 347 g/mol. The summed E-state index contributed by atoms with van der Waals surface area (Å²) in [6.07, 6.45) is 3.67. The number of nitrogens with zero attached hydrogens (tertiary/aromatic N) is 5. The highest BCUT2D eigenvalue weighted by Crippen LogP contribution is 2.33. The summed E-state index contributed by atoms with van der Waals surface area (Å²) in [5.74, 6) is 0.756. The molecule has 3 N–H and O–H groups in total. The molecule has 0 aliphatic carbocycles. The Balaban J connectivity index is 2.10. The molecule has 0 amide bonds. The van der Waals surface area contributed by atoms with Crippen LogP contribution in [0.15, 0.2) is 43.2 Å². The molecule has 0 saturated carbocycles. The van der Waals surface area contributed by atoms with Crippen LogP contribution in [0.2, 0.25) is 0 Å². The van der Waals surface area contributed by atoms with Gasteiger partial charge in [-0.2, -0.15) is 0 Å². The van der Waals surface area contributed by atoms with Crippen LogP contribution in [0.1, 0.15) is 5.69 Å². The van der Waals surface area contributed by atoms with Gasteiger partial charge in [-0.05, 0) is 18.2 Å². The molecule has 0 unspecified atom stereocenters. The van der Waals surface area contributed by atoms with E-state index in [1.165, 1.54) is 0 Å². The van der Waals surface area contributed by atoms with Gasteiger partial charge in [0.15, 0.2) is 5.82 Å². The van der Waals surface area contributed by atoms with Gasteiger partial charge in [-0.15, -0.1) is 6.58 Å². The fraction of sp³-hybridized carbons (Fsp3) is 0.211. The first-order valence-electron chi connectivity index (χ1n) is 8.47. The fourth-order valence-electron chi connectivity index (χ4n) is 3.35. The third kappa shape index (κ3) is 2.36. The lowest BCUT2D eigenvalue weighted by Crippen LogP contribution is -2.04. The van der Waals surface area contributed by atoms with Crippen LogP contribution in [0.4, 0.5) is 5.82 Å². The van der Waals surface area contributed by atoms with E-state index in [4.69, 9.17) is 10.7 Å². The van der Waals surface area contributed by atoms with Crippen LogP contribution < -0.4 is 11.1 Å². The second-order valence-corrected chi connectivity index (χ2v) is 6.15. The van der Waals surface area contributed by atoms with E-state index >= 15 is 0 Å². The molecule has 4 rings (SSSR count). The Morgan fingerprint density at radius 2 is 2.15 bits per heavy atom. The smallest absolute Gasteiger partial charge is 0.156 e. The van der Waals surface area contributed by atoms with Crippen molar-refractivity contribution in [3.05, 3.63) is 48.9 Å². The largest absolute Gasteiger partial charge is 0.371 e. The van der Waals surface area contributed by atoms with Crippen molar-refractivity contribution in [3.63, 3.8) is 0 Å². The first-order chi connectivity index (χ1) is 12.7. The fourth-order valence-corrected chi connectivity index (χ4v) is 3.35. The van der Waals surface area contributed by atoms with E-state index < -0.39 is 0 Å². The van der Waals surface area contributed by atoms with Crippen LogP contribution in [0, 0.1) is 0 Å². The number of aromatic nitrogens is 5. The Morgan fingerprint density at radius 1 is 1.31 bits per heavy atom. The summed E-state index contributed by atoms with van der Waals surface area (Å²) in [5, 5.41) is 4.19. The number of hydrogen-bond donors (Lipinski definition) is 2. The van der Waals surface area contributed by atoms with E-state index in [9.17, 15) is 0 Å². The van der Waals surface area contributed by atoms with Crippen LogP contribution in [0.3, 0.4) is 0 Å². The van der Waals surface area contributed by atoms with Crippen molar-refractivity contribution >= 4 is 27.9 Å². The standard InChI is InChI=1S/C19H21N7/c1-4-8-26-15(14-7-5-6-12(10-20)23-14)9-13-17-16(22-11-25(17)3)18(21-2)24-19(13)26/h4-7,9,11H,1,8,10,20H2,2-3H3,(H,21,24). The lowest BCUT2D eigenvalue weighted by Gasteiger charge is -2.09. The summed E-state index contributed by atoms with van der Waals surface area (Å²) in [7, 11) is 3.85. The third-order valence-corrected chi connectivity index (χ3v) is 4.53. The zero-order valence-electron chi connectivity index (χ0n) is 14.9. The van der Waals surface area contributed by atoms with Gasteiger partial charge >= 0.3 is 0 Å². The highest BCUT2D eigenvalue weighted by Gasteiger charge is 2.19. The van der Waals surface area contributed by atoms with Gasteiger partial charge in [0.25, 0.3) is 0 Å². The van der Waals surface area contributed by atoms with Crippen LogP contribution in [-0.4, -0.2) is 31.1 Å². The Hall–Kier alpha value is -3.19. The van der Waals surface area contributed by atoms with Crippen LogP contribution in [-0.2, 0) is 20.1 Å². The number of pyridine rings is 2. The maximum absolute atomic E-state index is 5.77. The van der Waals surface area contributed by atoms with E-state index in [0.29, 0.717) is 13.1 Å². The van der Waals surface area contributed by atoms with Gasteiger partial charge in [-0.25, -0.2) is 15.0 Å². The molecule has 0 radical (unpaired) electrons. The maximum atomic E-state index is 5.77. The van der Waals surface area contributed by atoms with E-state index in [2.05, 4.69) is 32.5 Å². The molecule has 0 aromatic carbocycles. The molecule has 0 saturated heterocycles. The van der Waals surface area contributed by atoms with Gasteiger partial charge in [0, 0.05) is 32.6 Å². The van der Waals surface area contributed by atoms with E-state index in [-0.39, 0.29) is 0 Å². The van der Waals surface area contributed by atoms with Gasteiger partial charge in [-0.3, -0.25) is 0 Å². The highest BCUT2D eigenvalue weighted by molar-refractivity contribution is 6.07. The first-order valence-corrected chi connectivity index (χ1v) is 8.47. The SMILES string of the molecule is C=CCn1c(-c2cccc(CN)n2)cc2c3c(ncn3C)c(NC)nc21. The lowest BCUT2D eigenvalue weighted by atomic mass is 10.2. The lowest BCUT2D eigenvalue weighted by molar-refractivity contribution is 0.854. The molecule has 132 valence electrons. The zero-order valence-corrected chi connectivity index (χ0v) is 14.9. The van der Waals surface area contributed by atoms with Crippen molar-refractivity contribution in [2.24, 2.45) is 12.8 Å². The van der Waals surface area contributed by atoms with Gasteiger partial charge in [0.1, 0.15) is 11.2 Å². The number of anilines is 1. The van der Waals surface area contributed by atoms with Crippen LogP contribution in [0.5, 0.6) is 0 Å².